The Morgan fingerprint density at radius 1 is 1.78 bits per heavy atom. The maximum atomic E-state index is 5.31. The maximum Gasteiger partial charge on any atom is 0.0828 e. The second-order valence-corrected chi connectivity index (χ2v) is 1.92. The first-order chi connectivity index (χ1) is 3.93. The lowest BCUT2D eigenvalue weighted by molar-refractivity contribution is 0.644. The lowest BCUT2D eigenvalue weighted by Gasteiger charge is -2.00. The van der Waals surface area contributed by atoms with Gasteiger partial charge in [0.05, 0.1) is 12.4 Å². The van der Waals surface area contributed by atoms with Crippen LogP contribution in [0.25, 0.3) is 0 Å². The SMILES string of the molecule is Br.NCC[C@H]1CNC=N1. The Morgan fingerprint density at radius 2 is 2.56 bits per heavy atom. The molecule has 0 saturated heterocycles. The first kappa shape index (κ1) is 8.91. The van der Waals surface area contributed by atoms with Crippen LogP contribution in [0.2, 0.25) is 0 Å². The molecule has 1 rings (SSSR count). The molecule has 0 aromatic heterocycles. The van der Waals surface area contributed by atoms with E-state index < -0.39 is 0 Å². The van der Waals surface area contributed by atoms with Crippen LogP contribution in [0.5, 0.6) is 0 Å². The highest BCUT2D eigenvalue weighted by Crippen LogP contribution is 1.96. The fourth-order valence-electron chi connectivity index (χ4n) is 0.769. The average molecular weight is 194 g/mol. The molecule has 0 unspecified atom stereocenters. The van der Waals surface area contributed by atoms with Crippen LogP contribution in [0.15, 0.2) is 4.99 Å². The predicted molar refractivity (Wildman–Crippen MR) is 44.3 cm³/mol. The first-order valence-corrected chi connectivity index (χ1v) is 2.88. The quantitative estimate of drug-likeness (QED) is 0.645. The van der Waals surface area contributed by atoms with Crippen molar-refractivity contribution in [1.82, 2.24) is 5.32 Å². The molecule has 3 N–H and O–H groups in total. The monoisotopic (exact) mass is 193 g/mol. The third kappa shape index (κ3) is 2.81. The molecule has 0 aromatic rings. The van der Waals surface area contributed by atoms with Gasteiger partial charge in [0.15, 0.2) is 0 Å². The number of aliphatic imine (C=N–C) groups is 1. The van der Waals surface area contributed by atoms with Crippen molar-refractivity contribution in [2.75, 3.05) is 13.1 Å². The summed E-state index contributed by atoms with van der Waals surface area (Å²) in [5, 5.41) is 3.01. The Kier molecular flexibility index (Phi) is 4.71. The Labute approximate surface area is 65.5 Å². The number of nitrogens with one attached hydrogen (secondary N) is 1. The smallest absolute Gasteiger partial charge is 0.0828 e. The van der Waals surface area contributed by atoms with E-state index in [1.165, 1.54) is 0 Å². The van der Waals surface area contributed by atoms with E-state index in [1.807, 2.05) is 0 Å². The van der Waals surface area contributed by atoms with Crippen molar-refractivity contribution in [3.8, 4) is 0 Å². The predicted octanol–water partition coefficient (Wildman–Crippen LogP) is -0.0868. The minimum absolute atomic E-state index is 0. The number of rotatable bonds is 2. The summed E-state index contributed by atoms with van der Waals surface area (Å²) in [5.74, 6) is 0. The summed E-state index contributed by atoms with van der Waals surface area (Å²) in [6.45, 7) is 1.71. The molecule has 3 nitrogen and oxygen atoms in total. The van der Waals surface area contributed by atoms with Gasteiger partial charge in [-0.1, -0.05) is 0 Å². The Balaban J connectivity index is 0.000000640. The van der Waals surface area contributed by atoms with Gasteiger partial charge in [-0.15, -0.1) is 17.0 Å². The summed E-state index contributed by atoms with van der Waals surface area (Å²) >= 11 is 0. The Morgan fingerprint density at radius 3 is 3.00 bits per heavy atom. The second-order valence-electron chi connectivity index (χ2n) is 1.92. The zero-order valence-corrected chi connectivity index (χ0v) is 6.92. The molecule has 0 radical (unpaired) electrons. The van der Waals surface area contributed by atoms with Crippen molar-refractivity contribution >= 4 is 23.3 Å². The third-order valence-corrected chi connectivity index (χ3v) is 1.23. The normalized spacial score (nSPS) is 23.0. The van der Waals surface area contributed by atoms with Gasteiger partial charge < -0.3 is 11.1 Å². The highest BCUT2D eigenvalue weighted by Gasteiger charge is 2.06. The average Bonchev–Trinajstić information content (AvgIpc) is 2.19. The van der Waals surface area contributed by atoms with Crippen molar-refractivity contribution in [3.63, 3.8) is 0 Å². The van der Waals surface area contributed by atoms with E-state index in [-0.39, 0.29) is 17.0 Å². The van der Waals surface area contributed by atoms with Gasteiger partial charge >= 0.3 is 0 Å². The summed E-state index contributed by atoms with van der Waals surface area (Å²) in [7, 11) is 0. The highest BCUT2D eigenvalue weighted by atomic mass is 79.9. The van der Waals surface area contributed by atoms with E-state index in [1.54, 1.807) is 6.34 Å². The summed E-state index contributed by atoms with van der Waals surface area (Å²) < 4.78 is 0. The Hall–Kier alpha value is -0.0900. The molecule has 1 aliphatic rings. The molecule has 0 spiro atoms. The van der Waals surface area contributed by atoms with Crippen LogP contribution in [-0.2, 0) is 0 Å². The molecule has 9 heavy (non-hydrogen) atoms. The minimum atomic E-state index is 0. The van der Waals surface area contributed by atoms with Gasteiger partial charge in [0.2, 0.25) is 0 Å². The van der Waals surface area contributed by atoms with E-state index in [0.29, 0.717) is 6.04 Å². The van der Waals surface area contributed by atoms with Crippen LogP contribution in [-0.4, -0.2) is 25.5 Å². The highest BCUT2D eigenvalue weighted by molar-refractivity contribution is 8.93. The molecule has 0 saturated carbocycles. The fourth-order valence-corrected chi connectivity index (χ4v) is 0.769. The molecule has 0 bridgehead atoms. The molecule has 1 heterocycles. The molecule has 0 amide bonds. The largest absolute Gasteiger partial charge is 0.374 e. The summed E-state index contributed by atoms with van der Waals surface area (Å²) in [6, 6.07) is 0.444. The molecule has 1 aliphatic heterocycles. The van der Waals surface area contributed by atoms with Crippen molar-refractivity contribution < 1.29 is 0 Å². The number of hydrogen-bond donors (Lipinski definition) is 2. The van der Waals surface area contributed by atoms with Crippen molar-refractivity contribution in [2.24, 2.45) is 10.7 Å². The van der Waals surface area contributed by atoms with Gasteiger partial charge in [-0.2, -0.15) is 0 Å². The Bertz CT molecular complexity index is 94.2. The molecule has 54 valence electrons. The standard InChI is InChI=1S/C5H11N3.BrH/c6-2-1-5-3-7-4-8-5;/h4-5H,1-3,6H2,(H,7,8);1H/t5-;/m0./s1. The van der Waals surface area contributed by atoms with Gasteiger partial charge in [-0.25, -0.2) is 0 Å². The lowest BCUT2D eigenvalue weighted by atomic mass is 10.2. The molecular formula is C5H12BrN3. The van der Waals surface area contributed by atoms with E-state index in [4.69, 9.17) is 5.73 Å². The van der Waals surface area contributed by atoms with E-state index >= 15 is 0 Å². The number of nitrogens with two attached hydrogens (primary N) is 1. The van der Waals surface area contributed by atoms with Crippen LogP contribution >= 0.6 is 17.0 Å². The minimum Gasteiger partial charge on any atom is -0.374 e. The topological polar surface area (TPSA) is 50.4 Å². The number of halogens is 1. The van der Waals surface area contributed by atoms with Crippen LogP contribution in [0.3, 0.4) is 0 Å². The van der Waals surface area contributed by atoms with Gasteiger partial charge in [0.1, 0.15) is 0 Å². The van der Waals surface area contributed by atoms with Crippen molar-refractivity contribution in [2.45, 2.75) is 12.5 Å². The van der Waals surface area contributed by atoms with E-state index in [2.05, 4.69) is 10.3 Å². The number of nitrogens with zero attached hydrogens (tertiary/aromatic N) is 1. The van der Waals surface area contributed by atoms with Crippen molar-refractivity contribution in [1.29, 1.82) is 0 Å². The molecule has 0 aromatic carbocycles. The van der Waals surface area contributed by atoms with E-state index in [0.717, 1.165) is 19.5 Å². The van der Waals surface area contributed by atoms with Crippen LogP contribution in [0.4, 0.5) is 0 Å². The molecule has 1 atom stereocenters. The molecule has 4 heteroatoms. The van der Waals surface area contributed by atoms with Crippen LogP contribution in [0.1, 0.15) is 6.42 Å². The van der Waals surface area contributed by atoms with Crippen molar-refractivity contribution in [3.05, 3.63) is 0 Å². The van der Waals surface area contributed by atoms with Gasteiger partial charge in [0, 0.05) is 6.54 Å². The van der Waals surface area contributed by atoms with Gasteiger partial charge in [-0.05, 0) is 13.0 Å². The van der Waals surface area contributed by atoms with E-state index in [9.17, 15) is 0 Å². The second kappa shape index (κ2) is 4.76. The van der Waals surface area contributed by atoms with Gasteiger partial charge in [0.25, 0.3) is 0 Å². The van der Waals surface area contributed by atoms with Crippen LogP contribution < -0.4 is 11.1 Å². The molecule has 0 fully saturated rings. The molecular weight excluding hydrogens is 182 g/mol. The zero-order valence-electron chi connectivity index (χ0n) is 5.21. The third-order valence-electron chi connectivity index (χ3n) is 1.23. The number of hydrogen-bond acceptors (Lipinski definition) is 3. The fraction of sp³-hybridized carbons (Fsp3) is 0.800. The summed E-state index contributed by atoms with van der Waals surface area (Å²) in [5.41, 5.74) is 5.31. The van der Waals surface area contributed by atoms with Gasteiger partial charge in [-0.3, -0.25) is 4.99 Å². The summed E-state index contributed by atoms with van der Waals surface area (Å²) in [4.78, 5) is 4.11. The zero-order chi connectivity index (χ0) is 5.82. The van der Waals surface area contributed by atoms with Crippen LogP contribution in [0, 0.1) is 0 Å². The lowest BCUT2D eigenvalue weighted by Crippen LogP contribution is -2.18. The summed E-state index contributed by atoms with van der Waals surface area (Å²) in [6.07, 6.45) is 2.75. The molecule has 0 aliphatic carbocycles. The maximum absolute atomic E-state index is 5.31. The first-order valence-electron chi connectivity index (χ1n) is 2.88.